The number of nitro groups is 1. The first-order valence-electron chi connectivity index (χ1n) is 8.93. The fraction of sp³-hybridized carbons (Fsp3) is 0.100. The first-order valence-corrected chi connectivity index (χ1v) is 8.93. The second-order valence-electron chi connectivity index (χ2n) is 6.38. The van der Waals surface area contributed by atoms with E-state index in [-0.39, 0.29) is 16.9 Å². The predicted octanol–water partition coefficient (Wildman–Crippen LogP) is 0.865. The van der Waals surface area contributed by atoms with Crippen molar-refractivity contribution in [2.75, 3.05) is 12.4 Å². The number of ether oxygens (including phenoxy) is 1. The topological polar surface area (TPSA) is 178 Å². The number of fused-ring (bicyclic) bond motifs is 1. The Morgan fingerprint density at radius 1 is 1.06 bits per heavy atom. The average molecular weight is 438 g/mol. The molecule has 0 aliphatic heterocycles. The van der Waals surface area contributed by atoms with Crippen LogP contribution in [-0.2, 0) is 23.9 Å². The number of rotatable bonds is 7. The van der Waals surface area contributed by atoms with Crippen LogP contribution in [0, 0.1) is 10.1 Å². The molecule has 2 aromatic carbocycles. The number of ketones is 2. The van der Waals surface area contributed by atoms with E-state index in [0.29, 0.717) is 5.52 Å². The lowest BCUT2D eigenvalue weighted by Crippen LogP contribution is -2.39. The second-order valence-corrected chi connectivity index (χ2v) is 6.38. The minimum atomic E-state index is -2.16. The van der Waals surface area contributed by atoms with Gasteiger partial charge in [-0.2, -0.15) is 0 Å². The molecule has 2 N–H and O–H groups in total. The van der Waals surface area contributed by atoms with Gasteiger partial charge in [-0.15, -0.1) is 0 Å². The third kappa shape index (κ3) is 4.38. The van der Waals surface area contributed by atoms with E-state index in [1.807, 2.05) is 0 Å². The first kappa shape index (κ1) is 22.0. The number of non-ortho nitro benzene ring substituents is 1. The predicted molar refractivity (Wildman–Crippen MR) is 109 cm³/mol. The molecule has 0 unspecified atom stereocenters. The molecule has 12 heteroatoms. The van der Waals surface area contributed by atoms with Crippen molar-refractivity contribution in [3.05, 3.63) is 74.7 Å². The number of methoxy groups -OCH3 is 1. The Morgan fingerprint density at radius 2 is 1.72 bits per heavy atom. The van der Waals surface area contributed by atoms with Crippen molar-refractivity contribution >= 4 is 45.9 Å². The molecule has 1 aromatic heterocycles. The SMILES string of the molecule is COC(=O)C(=O)[C@H](C(=O)C(=O)Nc1ccc([N+](=O)[O-])cc1)c1nc2ccccc2[nH]c1=O. The minimum Gasteiger partial charge on any atom is -0.463 e. The zero-order chi connectivity index (χ0) is 23.4. The van der Waals surface area contributed by atoms with Gasteiger partial charge < -0.3 is 15.0 Å². The van der Waals surface area contributed by atoms with Gasteiger partial charge in [-0.3, -0.25) is 29.3 Å². The van der Waals surface area contributed by atoms with Gasteiger partial charge in [-0.25, -0.2) is 9.78 Å². The maximum absolute atomic E-state index is 12.8. The highest BCUT2D eigenvalue weighted by molar-refractivity contribution is 6.52. The zero-order valence-corrected chi connectivity index (χ0v) is 16.4. The second kappa shape index (κ2) is 8.95. The van der Waals surface area contributed by atoms with E-state index < -0.39 is 45.5 Å². The molecule has 1 heterocycles. The van der Waals surface area contributed by atoms with Gasteiger partial charge >= 0.3 is 5.97 Å². The van der Waals surface area contributed by atoms with Crippen molar-refractivity contribution < 1.29 is 28.8 Å². The van der Waals surface area contributed by atoms with Gasteiger partial charge in [-0.05, 0) is 24.3 Å². The molecule has 162 valence electrons. The number of amides is 1. The van der Waals surface area contributed by atoms with Crippen LogP contribution in [0.15, 0.2) is 53.3 Å². The molecular formula is C20H14N4O8. The molecule has 0 bridgehead atoms. The Bertz CT molecular complexity index is 1310. The molecule has 0 radical (unpaired) electrons. The quantitative estimate of drug-likeness (QED) is 0.178. The van der Waals surface area contributed by atoms with Gasteiger partial charge in [0.15, 0.2) is 0 Å². The van der Waals surface area contributed by atoms with E-state index in [0.717, 1.165) is 19.2 Å². The van der Waals surface area contributed by atoms with Gasteiger partial charge in [0.25, 0.3) is 22.9 Å². The van der Waals surface area contributed by atoms with Crippen molar-refractivity contribution in [2.24, 2.45) is 0 Å². The molecule has 0 saturated carbocycles. The molecule has 0 aliphatic rings. The number of hydrogen-bond acceptors (Lipinski definition) is 9. The summed E-state index contributed by atoms with van der Waals surface area (Å²) in [6.07, 6.45) is 0. The number of anilines is 1. The summed E-state index contributed by atoms with van der Waals surface area (Å²) in [5, 5.41) is 12.9. The van der Waals surface area contributed by atoms with Gasteiger partial charge in [0.1, 0.15) is 11.6 Å². The van der Waals surface area contributed by atoms with Crippen LogP contribution in [0.25, 0.3) is 11.0 Å². The normalized spacial score (nSPS) is 11.4. The highest BCUT2D eigenvalue weighted by atomic mass is 16.6. The number of benzene rings is 2. The molecule has 0 saturated heterocycles. The molecule has 12 nitrogen and oxygen atoms in total. The number of Topliss-reactive ketones (excluding diaryl/α,β-unsaturated/α-hetero) is 2. The number of hydrogen-bond donors (Lipinski definition) is 2. The van der Waals surface area contributed by atoms with E-state index >= 15 is 0 Å². The standard InChI is InChI=1S/C20H14N4O8/c1-32-20(29)17(26)14(15-18(27)23-13-5-3-2-4-12(13)22-15)16(25)19(28)21-10-6-8-11(9-7-10)24(30)31/h2-9,14H,1H3,(H,21,28)(H,23,27)/t14-/m0/s1. The molecule has 0 aliphatic carbocycles. The third-order valence-electron chi connectivity index (χ3n) is 4.37. The van der Waals surface area contributed by atoms with Crippen molar-refractivity contribution in [1.29, 1.82) is 0 Å². The Labute approximate surface area is 178 Å². The van der Waals surface area contributed by atoms with Crippen LogP contribution in [-0.4, -0.2) is 45.4 Å². The summed E-state index contributed by atoms with van der Waals surface area (Å²) in [6, 6.07) is 10.8. The Morgan fingerprint density at radius 3 is 2.34 bits per heavy atom. The Hall–Kier alpha value is -4.74. The zero-order valence-electron chi connectivity index (χ0n) is 16.4. The van der Waals surface area contributed by atoms with Crippen LogP contribution in [0.5, 0.6) is 0 Å². The number of aromatic nitrogens is 2. The molecule has 3 rings (SSSR count). The summed E-state index contributed by atoms with van der Waals surface area (Å²) >= 11 is 0. The molecule has 0 spiro atoms. The van der Waals surface area contributed by atoms with Gasteiger partial charge in [-0.1, -0.05) is 12.1 Å². The van der Waals surface area contributed by atoms with Crippen molar-refractivity contribution in [3.8, 4) is 0 Å². The number of nitro benzene ring substituents is 1. The van der Waals surface area contributed by atoms with E-state index in [9.17, 15) is 34.1 Å². The average Bonchev–Trinajstić information content (AvgIpc) is 2.79. The van der Waals surface area contributed by atoms with Crippen LogP contribution in [0.3, 0.4) is 0 Å². The number of esters is 1. The number of para-hydroxylation sites is 2. The number of carbonyl (C=O) groups excluding carboxylic acids is 4. The van der Waals surface area contributed by atoms with Crippen LogP contribution < -0.4 is 10.9 Å². The summed E-state index contributed by atoms with van der Waals surface area (Å²) in [4.78, 5) is 78.7. The first-order chi connectivity index (χ1) is 15.2. The summed E-state index contributed by atoms with van der Waals surface area (Å²) in [5.74, 6) is -7.83. The minimum absolute atomic E-state index is 0.0126. The Kier molecular flexibility index (Phi) is 6.14. The van der Waals surface area contributed by atoms with Crippen LogP contribution in [0.4, 0.5) is 11.4 Å². The summed E-state index contributed by atoms with van der Waals surface area (Å²) in [7, 11) is 0.900. The number of nitrogens with one attached hydrogen (secondary N) is 2. The fourth-order valence-corrected chi connectivity index (χ4v) is 2.82. The smallest absolute Gasteiger partial charge is 0.375 e. The molecule has 32 heavy (non-hydrogen) atoms. The molecule has 3 aromatic rings. The highest BCUT2D eigenvalue weighted by Crippen LogP contribution is 2.19. The lowest BCUT2D eigenvalue weighted by Gasteiger charge is -2.13. The largest absolute Gasteiger partial charge is 0.463 e. The maximum Gasteiger partial charge on any atom is 0.375 e. The van der Waals surface area contributed by atoms with Crippen molar-refractivity contribution in [1.82, 2.24) is 9.97 Å². The van der Waals surface area contributed by atoms with Crippen LogP contribution >= 0.6 is 0 Å². The van der Waals surface area contributed by atoms with Crippen LogP contribution in [0.2, 0.25) is 0 Å². The van der Waals surface area contributed by atoms with Crippen molar-refractivity contribution in [3.63, 3.8) is 0 Å². The number of H-pyrrole nitrogens is 1. The monoisotopic (exact) mass is 438 g/mol. The van der Waals surface area contributed by atoms with E-state index in [1.54, 1.807) is 12.1 Å². The summed E-state index contributed by atoms with van der Waals surface area (Å²) < 4.78 is 4.35. The summed E-state index contributed by atoms with van der Waals surface area (Å²) in [5.41, 5.74) is -1.30. The van der Waals surface area contributed by atoms with Gasteiger partial charge in [0.05, 0.1) is 23.1 Å². The molecule has 1 amide bonds. The van der Waals surface area contributed by atoms with E-state index in [2.05, 4.69) is 20.0 Å². The van der Waals surface area contributed by atoms with E-state index in [1.165, 1.54) is 24.3 Å². The van der Waals surface area contributed by atoms with Gasteiger partial charge in [0.2, 0.25) is 5.78 Å². The number of aromatic amines is 1. The molecule has 0 fully saturated rings. The van der Waals surface area contributed by atoms with Crippen LogP contribution in [0.1, 0.15) is 11.6 Å². The Balaban J connectivity index is 1.99. The van der Waals surface area contributed by atoms with Crippen molar-refractivity contribution in [2.45, 2.75) is 5.92 Å². The fourth-order valence-electron chi connectivity index (χ4n) is 2.82. The van der Waals surface area contributed by atoms with E-state index in [4.69, 9.17) is 0 Å². The number of nitrogens with zero attached hydrogens (tertiary/aromatic N) is 2. The maximum atomic E-state index is 12.8. The molecular weight excluding hydrogens is 424 g/mol. The number of carbonyl (C=O) groups is 4. The third-order valence-corrected chi connectivity index (χ3v) is 4.37. The highest BCUT2D eigenvalue weighted by Gasteiger charge is 2.40. The lowest BCUT2D eigenvalue weighted by molar-refractivity contribution is -0.384. The summed E-state index contributed by atoms with van der Waals surface area (Å²) in [6.45, 7) is 0. The van der Waals surface area contributed by atoms with Gasteiger partial charge in [0, 0.05) is 17.8 Å². The lowest BCUT2D eigenvalue weighted by atomic mass is 9.94. The molecule has 1 atom stereocenters.